The van der Waals surface area contributed by atoms with Crippen molar-refractivity contribution >= 4 is 11.9 Å². The highest BCUT2D eigenvalue weighted by Gasteiger charge is 2.59. The maximum Gasteiger partial charge on any atom is 0.165 e. The van der Waals surface area contributed by atoms with Crippen molar-refractivity contribution in [1.82, 2.24) is 9.78 Å². The molecule has 0 aliphatic heterocycles. The van der Waals surface area contributed by atoms with Crippen molar-refractivity contribution in [3.63, 3.8) is 0 Å². The minimum absolute atomic E-state index is 0.175. The van der Waals surface area contributed by atoms with E-state index in [1.54, 1.807) is 0 Å². The van der Waals surface area contributed by atoms with Gasteiger partial charge >= 0.3 is 0 Å². The first kappa shape index (κ1) is 23.0. The van der Waals surface area contributed by atoms with Gasteiger partial charge in [0.05, 0.1) is 17.5 Å². The van der Waals surface area contributed by atoms with Crippen LogP contribution in [0.3, 0.4) is 0 Å². The molecule has 4 aliphatic carbocycles. The first-order chi connectivity index (χ1) is 16.7. The number of para-hydroxylation sites is 1. The maximum absolute atomic E-state index is 13.9. The van der Waals surface area contributed by atoms with Gasteiger partial charge in [0, 0.05) is 16.7 Å². The van der Waals surface area contributed by atoms with Crippen LogP contribution < -0.4 is 0 Å². The summed E-state index contributed by atoms with van der Waals surface area (Å²) >= 11 is 0. The summed E-state index contributed by atoms with van der Waals surface area (Å²) in [7, 11) is 0. The van der Waals surface area contributed by atoms with E-state index in [-0.39, 0.29) is 16.9 Å². The van der Waals surface area contributed by atoms with E-state index in [1.165, 1.54) is 5.57 Å². The molecule has 1 aromatic heterocycles. The van der Waals surface area contributed by atoms with E-state index in [9.17, 15) is 9.90 Å². The van der Waals surface area contributed by atoms with Gasteiger partial charge in [-0.25, -0.2) is 4.68 Å². The van der Waals surface area contributed by atoms with Gasteiger partial charge in [0.1, 0.15) is 0 Å². The van der Waals surface area contributed by atoms with Gasteiger partial charge in [-0.1, -0.05) is 43.7 Å². The molecule has 184 valence electrons. The summed E-state index contributed by atoms with van der Waals surface area (Å²) in [5.74, 6) is 1.96. The van der Waals surface area contributed by atoms with Crippen molar-refractivity contribution < 1.29 is 9.90 Å². The van der Waals surface area contributed by atoms with Crippen LogP contribution in [0.25, 0.3) is 11.8 Å². The fraction of sp³-hybridized carbons (Fsp3) is 0.548. The Hall–Kier alpha value is -2.46. The van der Waals surface area contributed by atoms with Crippen LogP contribution in [0.2, 0.25) is 0 Å². The minimum atomic E-state index is -0.250. The Bertz CT molecular complexity index is 1240. The molecule has 1 aromatic carbocycles. The molecule has 0 spiro atoms. The van der Waals surface area contributed by atoms with Gasteiger partial charge < -0.3 is 5.11 Å². The third-order valence-corrected chi connectivity index (χ3v) is 10.4. The van der Waals surface area contributed by atoms with Gasteiger partial charge in [0.15, 0.2) is 5.78 Å². The molecule has 1 N–H and O–H groups in total. The topological polar surface area (TPSA) is 55.1 Å². The molecule has 3 fully saturated rings. The summed E-state index contributed by atoms with van der Waals surface area (Å²) in [5.41, 5.74) is 6.64. The molecule has 4 nitrogen and oxygen atoms in total. The number of carbonyl (C=O) groups excluding carboxylic acids is 1. The molecule has 0 amide bonds. The molecule has 6 rings (SSSR count). The molecule has 0 unspecified atom stereocenters. The van der Waals surface area contributed by atoms with Crippen LogP contribution in [0.4, 0.5) is 0 Å². The van der Waals surface area contributed by atoms with Crippen molar-refractivity contribution in [2.75, 3.05) is 0 Å². The Labute approximate surface area is 209 Å². The Balaban J connectivity index is 1.34. The fourth-order valence-corrected chi connectivity index (χ4v) is 8.30. The zero-order valence-electron chi connectivity index (χ0n) is 21.6. The highest BCUT2D eigenvalue weighted by atomic mass is 16.3. The van der Waals surface area contributed by atoms with E-state index in [0.29, 0.717) is 23.5 Å². The Morgan fingerprint density at radius 2 is 1.77 bits per heavy atom. The Morgan fingerprint density at radius 1 is 1.03 bits per heavy atom. The largest absolute Gasteiger partial charge is 0.393 e. The molecule has 0 bridgehead atoms. The van der Waals surface area contributed by atoms with E-state index in [1.807, 2.05) is 22.9 Å². The smallest absolute Gasteiger partial charge is 0.165 e. The number of ketones is 1. The molecule has 35 heavy (non-hydrogen) atoms. The number of carbonyl (C=O) groups is 1. The molecule has 4 heteroatoms. The summed E-state index contributed by atoms with van der Waals surface area (Å²) in [6, 6.07) is 10.2. The molecule has 6 atom stereocenters. The van der Waals surface area contributed by atoms with E-state index < -0.39 is 0 Å². The molecule has 4 aliphatic rings. The third-order valence-electron chi connectivity index (χ3n) is 10.4. The summed E-state index contributed by atoms with van der Waals surface area (Å²) in [4.78, 5) is 13.9. The summed E-state index contributed by atoms with van der Waals surface area (Å²) in [6.07, 6.45) is 11.3. The lowest BCUT2D eigenvalue weighted by molar-refractivity contribution is -0.130. The van der Waals surface area contributed by atoms with Crippen LogP contribution in [-0.2, 0) is 4.79 Å². The highest BCUT2D eigenvalue weighted by Crippen LogP contribution is 2.64. The molecule has 0 radical (unpaired) electrons. The van der Waals surface area contributed by atoms with Crippen LogP contribution >= 0.6 is 0 Å². The number of nitrogens with zero attached hydrogens (tertiary/aromatic N) is 2. The van der Waals surface area contributed by atoms with E-state index in [2.05, 4.69) is 52.0 Å². The minimum Gasteiger partial charge on any atom is -0.393 e. The Kier molecular flexibility index (Phi) is 5.27. The number of benzene rings is 1. The van der Waals surface area contributed by atoms with Crippen molar-refractivity contribution in [3.05, 3.63) is 64.5 Å². The number of rotatable bonds is 2. The lowest BCUT2D eigenvalue weighted by Gasteiger charge is -2.56. The standard InChI is InChI=1S/C31H38N2O2/c1-19-26(20(2)33(32-19)23-8-6-5-7-9-23)16-21-17-28-25-11-10-22-18-24(34)12-14-30(22,3)27(25)13-15-31(28,4)29(21)35/h5-10,16,24-25,27-28,34H,11-15,17-18H2,1-4H3/b21-16-/t24-,25-,27+,28+,30-,31+/m0/s1. The van der Waals surface area contributed by atoms with Crippen LogP contribution in [0, 0.1) is 42.4 Å². The number of aromatic nitrogens is 2. The van der Waals surface area contributed by atoms with E-state index >= 15 is 0 Å². The van der Waals surface area contributed by atoms with E-state index in [4.69, 9.17) is 5.10 Å². The zero-order valence-corrected chi connectivity index (χ0v) is 21.6. The number of allylic oxidation sites excluding steroid dienone is 2. The van der Waals surface area contributed by atoms with Gasteiger partial charge in [-0.15, -0.1) is 0 Å². The van der Waals surface area contributed by atoms with Gasteiger partial charge in [0.25, 0.3) is 0 Å². The second-order valence-corrected chi connectivity index (χ2v) is 12.1. The summed E-state index contributed by atoms with van der Waals surface area (Å²) < 4.78 is 2.00. The van der Waals surface area contributed by atoms with Crippen molar-refractivity contribution in [1.29, 1.82) is 0 Å². The molecule has 2 aromatic rings. The molecule has 1 heterocycles. The Morgan fingerprint density at radius 3 is 2.54 bits per heavy atom. The fourth-order valence-electron chi connectivity index (χ4n) is 8.30. The number of Topliss-reactive ketones (excluding diaryl/α,β-unsaturated/α-hetero) is 1. The number of hydrogen-bond acceptors (Lipinski definition) is 3. The van der Waals surface area contributed by atoms with E-state index in [0.717, 1.165) is 73.2 Å². The predicted octanol–water partition coefficient (Wildman–Crippen LogP) is 6.38. The second kappa shape index (κ2) is 8.03. The SMILES string of the molecule is Cc1nn(-c2ccccc2)c(C)c1/C=C1/C[C@@H]2[C@H]3CC=C4C[C@@H](O)CC[C@]4(C)[C@@H]3CC[C@@]2(C)C1=O. The molecule has 0 saturated heterocycles. The lowest BCUT2D eigenvalue weighted by Crippen LogP contribution is -2.50. The average molecular weight is 471 g/mol. The average Bonchev–Trinajstić information content (AvgIpc) is 3.28. The molecular weight excluding hydrogens is 432 g/mol. The lowest BCUT2D eigenvalue weighted by atomic mass is 9.48. The second-order valence-electron chi connectivity index (χ2n) is 12.1. The number of aliphatic hydroxyl groups is 1. The van der Waals surface area contributed by atoms with Crippen LogP contribution in [0.15, 0.2) is 47.6 Å². The zero-order chi connectivity index (χ0) is 24.5. The quantitative estimate of drug-likeness (QED) is 0.409. The van der Waals surface area contributed by atoms with Gasteiger partial charge in [-0.05, 0) is 106 Å². The first-order valence-electron chi connectivity index (χ1n) is 13.5. The number of aryl methyl sites for hydroxylation is 1. The third kappa shape index (κ3) is 3.36. The monoisotopic (exact) mass is 470 g/mol. The first-order valence-corrected chi connectivity index (χ1v) is 13.5. The van der Waals surface area contributed by atoms with Crippen LogP contribution in [0.1, 0.15) is 75.7 Å². The van der Waals surface area contributed by atoms with Gasteiger partial charge in [0.2, 0.25) is 0 Å². The number of aliphatic hydroxyl groups excluding tert-OH is 1. The highest BCUT2D eigenvalue weighted by molar-refractivity contribution is 6.06. The normalized spacial score (nSPS) is 37.6. The summed E-state index contributed by atoms with van der Waals surface area (Å²) in [5, 5.41) is 15.1. The summed E-state index contributed by atoms with van der Waals surface area (Å²) in [6.45, 7) is 8.85. The molecular formula is C31H38N2O2. The van der Waals surface area contributed by atoms with Crippen LogP contribution in [0.5, 0.6) is 0 Å². The van der Waals surface area contributed by atoms with Crippen molar-refractivity contribution in [2.24, 2.45) is 28.6 Å². The number of fused-ring (bicyclic) bond motifs is 5. The van der Waals surface area contributed by atoms with Crippen molar-refractivity contribution in [3.8, 4) is 5.69 Å². The maximum atomic E-state index is 13.9. The van der Waals surface area contributed by atoms with Crippen LogP contribution in [-0.4, -0.2) is 26.8 Å². The molecule has 3 saturated carbocycles. The van der Waals surface area contributed by atoms with Gasteiger partial charge in [-0.2, -0.15) is 5.10 Å². The van der Waals surface area contributed by atoms with Crippen molar-refractivity contribution in [2.45, 2.75) is 78.7 Å². The van der Waals surface area contributed by atoms with Gasteiger partial charge in [-0.3, -0.25) is 4.79 Å². The predicted molar refractivity (Wildman–Crippen MR) is 139 cm³/mol. The number of hydrogen-bond donors (Lipinski definition) is 1.